The van der Waals surface area contributed by atoms with Crippen molar-refractivity contribution < 1.29 is 14.3 Å². The van der Waals surface area contributed by atoms with Crippen LogP contribution in [0, 0.1) is 0 Å². The van der Waals surface area contributed by atoms with Gasteiger partial charge in [-0.05, 0) is 70.9 Å². The number of anilines is 3. The van der Waals surface area contributed by atoms with Gasteiger partial charge < -0.3 is 15.0 Å². The van der Waals surface area contributed by atoms with Gasteiger partial charge in [-0.2, -0.15) is 4.99 Å². The zero-order valence-electron chi connectivity index (χ0n) is 21.7. The molecule has 0 spiro atoms. The van der Waals surface area contributed by atoms with E-state index < -0.39 is 0 Å². The van der Waals surface area contributed by atoms with E-state index in [0.29, 0.717) is 28.6 Å². The molecule has 0 atom stereocenters. The van der Waals surface area contributed by atoms with E-state index in [1.54, 1.807) is 12.1 Å². The summed E-state index contributed by atoms with van der Waals surface area (Å²) in [4.78, 5) is 30.2. The molecule has 0 aliphatic heterocycles. The molecule has 0 unspecified atom stereocenters. The van der Waals surface area contributed by atoms with Gasteiger partial charge in [-0.25, -0.2) is 0 Å². The Hall–Kier alpha value is -4.43. The van der Waals surface area contributed by atoms with E-state index in [0.717, 1.165) is 34.4 Å². The molecule has 8 heteroatoms. The monoisotopic (exact) mass is 579 g/mol. The number of hydrogen-bond donors (Lipinski definition) is 1. The molecule has 0 heterocycles. The van der Waals surface area contributed by atoms with Gasteiger partial charge >= 0.3 is 0 Å². The Bertz CT molecular complexity index is 1450. The number of carbonyl (C=O) groups is 2. The highest BCUT2D eigenvalue weighted by Crippen LogP contribution is 2.34. The number of nitrogens with one attached hydrogen (secondary N) is 1. The number of aldehydes is 2. The van der Waals surface area contributed by atoms with Crippen LogP contribution in [0.2, 0.25) is 0 Å². The summed E-state index contributed by atoms with van der Waals surface area (Å²) < 4.78 is 6.48. The van der Waals surface area contributed by atoms with Gasteiger partial charge in [0.1, 0.15) is 7.85 Å². The van der Waals surface area contributed by atoms with Gasteiger partial charge in [0.15, 0.2) is 18.3 Å². The number of para-hydroxylation sites is 2. The summed E-state index contributed by atoms with van der Waals surface area (Å²) in [7, 11) is 1.89. The number of nitrogens with zero attached hydrogens (tertiary/aromatic N) is 2. The molecule has 4 aromatic rings. The fourth-order valence-corrected chi connectivity index (χ4v) is 4.68. The van der Waals surface area contributed by atoms with E-state index in [4.69, 9.17) is 4.74 Å². The molecule has 6 nitrogen and oxygen atoms in total. The molecule has 1 N–H and O–H groups in total. The molecule has 0 aromatic heterocycles. The molecule has 0 aliphatic carbocycles. The molecular weight excluding hydrogens is 553 g/mol. The minimum atomic E-state index is 0.0707. The Morgan fingerprint density at radius 2 is 1.51 bits per heavy atom. The Morgan fingerprint density at radius 1 is 0.923 bits per heavy atom. The summed E-state index contributed by atoms with van der Waals surface area (Å²) in [6.45, 7) is 2.40. The van der Waals surface area contributed by atoms with Crippen LogP contribution in [-0.2, 0) is 9.53 Å². The number of aliphatic imine (C=N–C) groups is 1. The highest BCUT2D eigenvalue weighted by molar-refractivity contribution is 9.10. The van der Waals surface area contributed by atoms with E-state index in [1.807, 2.05) is 81.5 Å². The van der Waals surface area contributed by atoms with Crippen LogP contribution in [0.25, 0.3) is 6.08 Å². The van der Waals surface area contributed by atoms with E-state index in [9.17, 15) is 9.59 Å². The first-order chi connectivity index (χ1) is 19.0. The normalized spacial score (nSPS) is 11.5. The van der Waals surface area contributed by atoms with Gasteiger partial charge in [0.05, 0.1) is 5.69 Å². The standard InChI is InChI=1S/C31H27BBrN3O3/c1-2-34-31(35-30-23(20-37)18-24(32)19-29(30)33)39-28(21-38)17-22-13-15-27(16-14-22)36(25-9-5-3-6-10-25)26-11-7-4-8-12-26/h3-21H,2,32H2,1H3,(H,34,35)/b28-17+. The third kappa shape index (κ3) is 7.12. The predicted octanol–water partition coefficient (Wildman–Crippen LogP) is 5.84. The van der Waals surface area contributed by atoms with Crippen LogP contribution in [0.3, 0.4) is 0 Å². The average Bonchev–Trinajstić information content (AvgIpc) is 2.96. The SMILES string of the molecule is Bc1cc(Br)c(/N=C(\NCC)O/C(C=O)=C/c2ccc(N(c3ccccc3)c3ccccc3)cc2)c(C=O)c1. The maximum Gasteiger partial charge on any atom is 0.295 e. The van der Waals surface area contributed by atoms with E-state index in [-0.39, 0.29) is 11.8 Å². The third-order valence-corrected chi connectivity index (χ3v) is 6.33. The number of rotatable bonds is 9. The molecule has 0 amide bonds. The highest BCUT2D eigenvalue weighted by Gasteiger charge is 2.13. The number of halogens is 1. The van der Waals surface area contributed by atoms with Gasteiger partial charge in [0.25, 0.3) is 6.02 Å². The maximum absolute atomic E-state index is 11.9. The molecular formula is C31H27BBrN3O3. The van der Waals surface area contributed by atoms with Crippen LogP contribution in [0.5, 0.6) is 0 Å². The van der Waals surface area contributed by atoms with Gasteiger partial charge in [0, 0.05) is 33.6 Å². The lowest BCUT2D eigenvalue weighted by Crippen LogP contribution is -2.26. The number of ether oxygens (including phenoxy) is 1. The van der Waals surface area contributed by atoms with Gasteiger partial charge in [0.2, 0.25) is 0 Å². The first-order valence-corrected chi connectivity index (χ1v) is 13.2. The quantitative estimate of drug-likeness (QED) is 0.0673. The predicted molar refractivity (Wildman–Crippen MR) is 165 cm³/mol. The molecule has 0 bridgehead atoms. The van der Waals surface area contributed by atoms with Crippen LogP contribution >= 0.6 is 15.9 Å². The molecule has 194 valence electrons. The van der Waals surface area contributed by atoms with Gasteiger partial charge in [-0.15, -0.1) is 0 Å². The Kier molecular flexibility index (Phi) is 9.48. The van der Waals surface area contributed by atoms with Crippen molar-refractivity contribution in [2.45, 2.75) is 6.92 Å². The number of carbonyl (C=O) groups excluding carboxylic acids is 2. The minimum Gasteiger partial charge on any atom is -0.422 e. The fourth-order valence-electron chi connectivity index (χ4n) is 4.00. The van der Waals surface area contributed by atoms with E-state index >= 15 is 0 Å². The first-order valence-electron chi connectivity index (χ1n) is 12.4. The number of amidine groups is 1. The summed E-state index contributed by atoms with van der Waals surface area (Å²) in [5, 5.41) is 3.02. The Labute approximate surface area is 237 Å². The molecule has 0 aliphatic rings. The minimum absolute atomic E-state index is 0.0707. The topological polar surface area (TPSA) is 71.0 Å². The summed E-state index contributed by atoms with van der Waals surface area (Å²) in [6.07, 6.45) is 3.02. The Balaban J connectivity index is 1.63. The molecule has 0 fully saturated rings. The Morgan fingerprint density at radius 3 is 2.05 bits per heavy atom. The zero-order chi connectivity index (χ0) is 27.6. The lowest BCUT2D eigenvalue weighted by molar-refractivity contribution is -0.106. The van der Waals surface area contributed by atoms with Crippen molar-refractivity contribution in [1.29, 1.82) is 0 Å². The second-order valence-corrected chi connectivity index (χ2v) is 9.47. The van der Waals surface area contributed by atoms with E-state index in [2.05, 4.69) is 55.4 Å². The zero-order valence-corrected chi connectivity index (χ0v) is 23.3. The van der Waals surface area contributed by atoms with Crippen molar-refractivity contribution in [2.75, 3.05) is 11.4 Å². The largest absolute Gasteiger partial charge is 0.422 e. The molecule has 39 heavy (non-hydrogen) atoms. The summed E-state index contributed by atoms with van der Waals surface area (Å²) >= 11 is 3.47. The van der Waals surface area contributed by atoms with Crippen LogP contribution in [0.4, 0.5) is 22.7 Å². The lowest BCUT2D eigenvalue weighted by Gasteiger charge is -2.25. The maximum atomic E-state index is 11.9. The third-order valence-electron chi connectivity index (χ3n) is 5.73. The van der Waals surface area contributed by atoms with Crippen molar-refractivity contribution in [2.24, 2.45) is 4.99 Å². The first kappa shape index (κ1) is 27.6. The van der Waals surface area contributed by atoms with Gasteiger partial charge in [-0.1, -0.05) is 66.1 Å². The molecule has 0 saturated heterocycles. The van der Waals surface area contributed by atoms with Crippen LogP contribution in [-0.4, -0.2) is 33.0 Å². The van der Waals surface area contributed by atoms with Crippen molar-refractivity contribution in [3.05, 3.63) is 118 Å². The number of allylic oxidation sites excluding steroid dienone is 1. The summed E-state index contributed by atoms with van der Waals surface area (Å²) in [5.74, 6) is 0.0707. The fraction of sp³-hybridized carbons (Fsp3) is 0.0645. The summed E-state index contributed by atoms with van der Waals surface area (Å²) in [5.41, 5.74) is 5.57. The second-order valence-electron chi connectivity index (χ2n) is 8.61. The van der Waals surface area contributed by atoms with Crippen molar-refractivity contribution in [3.63, 3.8) is 0 Å². The smallest absolute Gasteiger partial charge is 0.295 e. The van der Waals surface area contributed by atoms with Gasteiger partial charge in [-0.3, -0.25) is 9.59 Å². The number of hydrogen-bond acceptors (Lipinski definition) is 5. The number of benzene rings is 4. The average molecular weight is 580 g/mol. The molecule has 4 aromatic carbocycles. The van der Waals surface area contributed by atoms with Crippen LogP contribution in [0.1, 0.15) is 22.8 Å². The molecule has 0 radical (unpaired) electrons. The van der Waals surface area contributed by atoms with E-state index in [1.165, 1.54) is 0 Å². The van der Waals surface area contributed by atoms with Crippen molar-refractivity contribution in [1.82, 2.24) is 5.32 Å². The molecule has 4 rings (SSSR count). The highest BCUT2D eigenvalue weighted by atomic mass is 79.9. The van der Waals surface area contributed by atoms with Crippen molar-refractivity contribution in [3.8, 4) is 0 Å². The summed E-state index contributed by atoms with van der Waals surface area (Å²) in [6, 6.07) is 31.8. The van der Waals surface area contributed by atoms with Crippen LogP contribution < -0.4 is 15.7 Å². The van der Waals surface area contributed by atoms with Crippen LogP contribution in [0.15, 0.2) is 112 Å². The van der Waals surface area contributed by atoms with Crippen molar-refractivity contribution >= 4 is 76.7 Å². The second kappa shape index (κ2) is 13.4. The molecule has 0 saturated carbocycles. The lowest BCUT2D eigenvalue weighted by atomic mass is 9.94.